The first-order valence-corrected chi connectivity index (χ1v) is 8.24. The molecule has 0 aliphatic heterocycles. The lowest BCUT2D eigenvalue weighted by Gasteiger charge is -2.09. The Morgan fingerprint density at radius 2 is 1.58 bits per heavy atom. The van der Waals surface area contributed by atoms with E-state index in [4.69, 9.17) is 0 Å². The number of aryl methyl sites for hydroxylation is 2. The zero-order valence-electron chi connectivity index (χ0n) is 14.6. The van der Waals surface area contributed by atoms with Crippen LogP contribution in [0.15, 0.2) is 66.9 Å². The van der Waals surface area contributed by atoms with Crippen LogP contribution in [0.5, 0.6) is 0 Å². The number of hydrogen-bond donors (Lipinski definition) is 2. The van der Waals surface area contributed by atoms with Gasteiger partial charge in [0.05, 0.1) is 0 Å². The highest BCUT2D eigenvalue weighted by molar-refractivity contribution is 6.08. The van der Waals surface area contributed by atoms with E-state index in [0.29, 0.717) is 11.3 Å². The van der Waals surface area contributed by atoms with Gasteiger partial charge in [-0.15, -0.1) is 0 Å². The third-order valence-electron chi connectivity index (χ3n) is 3.96. The molecular weight excluding hydrogens is 326 g/mol. The maximum atomic E-state index is 12.5. The van der Waals surface area contributed by atoms with E-state index >= 15 is 0 Å². The van der Waals surface area contributed by atoms with Gasteiger partial charge in [0.15, 0.2) is 0 Å². The van der Waals surface area contributed by atoms with Crippen molar-refractivity contribution in [3.05, 3.63) is 89.2 Å². The molecule has 0 aliphatic carbocycles. The van der Waals surface area contributed by atoms with Gasteiger partial charge in [-0.1, -0.05) is 35.9 Å². The van der Waals surface area contributed by atoms with Gasteiger partial charge in [-0.05, 0) is 49.7 Å². The van der Waals surface area contributed by atoms with Crippen molar-refractivity contribution in [1.29, 1.82) is 0 Å². The minimum Gasteiger partial charge on any atom is -0.322 e. The molecule has 0 saturated carbocycles. The number of pyridine rings is 1. The van der Waals surface area contributed by atoms with Gasteiger partial charge in [-0.25, -0.2) is 0 Å². The number of anilines is 2. The molecular formula is C21H19N3O2. The fraction of sp³-hybridized carbons (Fsp3) is 0.0952. The molecule has 2 N–H and O–H groups in total. The van der Waals surface area contributed by atoms with Crippen LogP contribution in [0.4, 0.5) is 11.4 Å². The lowest BCUT2D eigenvalue weighted by molar-refractivity contribution is 0.102. The Morgan fingerprint density at radius 1 is 0.846 bits per heavy atom. The molecule has 0 saturated heterocycles. The molecule has 0 fully saturated rings. The van der Waals surface area contributed by atoms with E-state index in [0.717, 1.165) is 16.8 Å². The Morgan fingerprint density at radius 3 is 2.31 bits per heavy atom. The summed E-state index contributed by atoms with van der Waals surface area (Å²) in [6, 6.07) is 18.0. The lowest BCUT2D eigenvalue weighted by Crippen LogP contribution is -2.17. The molecule has 0 aliphatic rings. The van der Waals surface area contributed by atoms with Crippen molar-refractivity contribution in [2.45, 2.75) is 13.8 Å². The number of nitrogens with one attached hydrogen (secondary N) is 2. The lowest BCUT2D eigenvalue weighted by atomic mass is 10.1. The average Bonchev–Trinajstić information content (AvgIpc) is 2.65. The molecule has 1 heterocycles. The SMILES string of the molecule is Cc1ccc(NC(=O)c2cc(C(=O)Nc3ccccc3C)ccn2)cc1. The van der Waals surface area contributed by atoms with Gasteiger partial charge in [-0.2, -0.15) is 0 Å². The Bertz CT molecular complexity index is 949. The van der Waals surface area contributed by atoms with Crippen LogP contribution in [0, 0.1) is 13.8 Å². The Kier molecular flexibility index (Phi) is 5.08. The molecule has 0 unspecified atom stereocenters. The van der Waals surface area contributed by atoms with Gasteiger partial charge in [0.1, 0.15) is 5.69 Å². The first-order valence-electron chi connectivity index (χ1n) is 8.24. The summed E-state index contributed by atoms with van der Waals surface area (Å²) in [6.45, 7) is 3.90. The molecule has 2 aromatic carbocycles. The van der Waals surface area contributed by atoms with Crippen molar-refractivity contribution >= 4 is 23.2 Å². The Balaban J connectivity index is 1.75. The van der Waals surface area contributed by atoms with E-state index in [1.165, 1.54) is 12.3 Å². The van der Waals surface area contributed by atoms with Crippen LogP contribution in [0.3, 0.4) is 0 Å². The number of benzene rings is 2. The van der Waals surface area contributed by atoms with E-state index in [1.807, 2.05) is 62.4 Å². The molecule has 0 bridgehead atoms. The van der Waals surface area contributed by atoms with Gasteiger partial charge in [0, 0.05) is 23.1 Å². The molecule has 0 spiro atoms. The summed E-state index contributed by atoms with van der Waals surface area (Å²) >= 11 is 0. The van der Waals surface area contributed by atoms with Gasteiger partial charge >= 0.3 is 0 Å². The summed E-state index contributed by atoms with van der Waals surface area (Å²) in [7, 11) is 0. The van der Waals surface area contributed by atoms with Crippen molar-refractivity contribution in [2.75, 3.05) is 10.6 Å². The van der Waals surface area contributed by atoms with Crippen LogP contribution in [0.1, 0.15) is 32.0 Å². The summed E-state index contributed by atoms with van der Waals surface area (Å²) in [5.74, 6) is -0.648. The van der Waals surface area contributed by atoms with Crippen LogP contribution >= 0.6 is 0 Å². The number of hydrogen-bond acceptors (Lipinski definition) is 3. The largest absolute Gasteiger partial charge is 0.322 e. The second-order valence-corrected chi connectivity index (χ2v) is 6.02. The summed E-state index contributed by atoms with van der Waals surface area (Å²) in [5, 5.41) is 5.63. The summed E-state index contributed by atoms with van der Waals surface area (Å²) in [6.07, 6.45) is 1.46. The minimum absolute atomic E-state index is 0.183. The van der Waals surface area contributed by atoms with E-state index in [2.05, 4.69) is 15.6 Å². The Hall–Kier alpha value is -3.47. The van der Waals surface area contributed by atoms with Crippen LogP contribution in [-0.4, -0.2) is 16.8 Å². The quantitative estimate of drug-likeness (QED) is 0.744. The van der Waals surface area contributed by atoms with E-state index < -0.39 is 0 Å². The maximum absolute atomic E-state index is 12.5. The Labute approximate surface area is 152 Å². The predicted octanol–water partition coefficient (Wildman–Crippen LogP) is 4.20. The zero-order valence-corrected chi connectivity index (χ0v) is 14.6. The summed E-state index contributed by atoms with van der Waals surface area (Å²) in [4.78, 5) is 28.9. The van der Waals surface area contributed by atoms with Crippen LogP contribution in [-0.2, 0) is 0 Å². The number of amides is 2. The molecule has 5 nitrogen and oxygen atoms in total. The smallest absolute Gasteiger partial charge is 0.274 e. The number of nitrogens with zero attached hydrogens (tertiary/aromatic N) is 1. The van der Waals surface area contributed by atoms with Crippen LogP contribution in [0.25, 0.3) is 0 Å². The molecule has 130 valence electrons. The molecule has 5 heteroatoms. The average molecular weight is 345 g/mol. The second kappa shape index (κ2) is 7.61. The highest BCUT2D eigenvalue weighted by Crippen LogP contribution is 2.15. The van der Waals surface area contributed by atoms with Crippen LogP contribution < -0.4 is 10.6 Å². The summed E-state index contributed by atoms with van der Waals surface area (Å²) < 4.78 is 0. The van der Waals surface area contributed by atoms with E-state index in [1.54, 1.807) is 6.07 Å². The van der Waals surface area contributed by atoms with E-state index in [-0.39, 0.29) is 17.5 Å². The molecule has 0 radical (unpaired) electrons. The molecule has 0 atom stereocenters. The molecule has 3 aromatic rings. The van der Waals surface area contributed by atoms with Gasteiger partial charge < -0.3 is 10.6 Å². The van der Waals surface area contributed by atoms with Crippen molar-refractivity contribution in [3.8, 4) is 0 Å². The highest BCUT2D eigenvalue weighted by Gasteiger charge is 2.13. The first-order chi connectivity index (χ1) is 12.5. The van der Waals surface area contributed by atoms with Crippen molar-refractivity contribution in [1.82, 2.24) is 4.98 Å². The highest BCUT2D eigenvalue weighted by atomic mass is 16.2. The van der Waals surface area contributed by atoms with Crippen molar-refractivity contribution < 1.29 is 9.59 Å². The van der Waals surface area contributed by atoms with Gasteiger partial charge in [0.25, 0.3) is 11.8 Å². The maximum Gasteiger partial charge on any atom is 0.274 e. The molecule has 1 aromatic heterocycles. The standard InChI is InChI=1S/C21H19N3O2/c1-14-7-9-17(10-8-14)23-21(26)19-13-16(11-12-22-19)20(25)24-18-6-4-3-5-15(18)2/h3-13H,1-2H3,(H,23,26)(H,24,25). The van der Waals surface area contributed by atoms with Crippen molar-refractivity contribution in [3.63, 3.8) is 0 Å². The third kappa shape index (κ3) is 4.13. The zero-order chi connectivity index (χ0) is 18.5. The monoisotopic (exact) mass is 345 g/mol. The predicted molar refractivity (Wildman–Crippen MR) is 103 cm³/mol. The number of rotatable bonds is 4. The number of para-hydroxylation sites is 1. The van der Waals surface area contributed by atoms with Gasteiger partial charge in [-0.3, -0.25) is 14.6 Å². The van der Waals surface area contributed by atoms with E-state index in [9.17, 15) is 9.59 Å². The summed E-state index contributed by atoms with van der Waals surface area (Å²) in [5.41, 5.74) is 4.04. The number of carbonyl (C=O) groups excluding carboxylic acids is 2. The third-order valence-corrected chi connectivity index (χ3v) is 3.96. The molecule has 26 heavy (non-hydrogen) atoms. The number of carbonyl (C=O) groups is 2. The van der Waals surface area contributed by atoms with Crippen LogP contribution in [0.2, 0.25) is 0 Å². The second-order valence-electron chi connectivity index (χ2n) is 6.02. The van der Waals surface area contributed by atoms with Gasteiger partial charge in [0.2, 0.25) is 0 Å². The first kappa shape index (κ1) is 17.4. The molecule has 3 rings (SSSR count). The number of aromatic nitrogens is 1. The normalized spacial score (nSPS) is 10.2. The fourth-order valence-corrected chi connectivity index (χ4v) is 2.44. The topological polar surface area (TPSA) is 71.1 Å². The molecule has 2 amide bonds. The van der Waals surface area contributed by atoms with Crippen molar-refractivity contribution in [2.24, 2.45) is 0 Å². The minimum atomic E-state index is -0.362. The fourth-order valence-electron chi connectivity index (χ4n) is 2.44.